The van der Waals surface area contributed by atoms with Crippen LogP contribution in [-0.4, -0.2) is 18.9 Å². The predicted octanol–water partition coefficient (Wildman–Crippen LogP) is 2.27. The molecule has 2 rings (SSSR count). The average Bonchev–Trinajstić information content (AvgIpc) is 2.41. The number of anilines is 2. The van der Waals surface area contributed by atoms with Crippen molar-refractivity contribution in [3.05, 3.63) is 42.5 Å². The van der Waals surface area contributed by atoms with Crippen LogP contribution in [0.15, 0.2) is 47.4 Å². The molecule has 0 saturated heterocycles. The van der Waals surface area contributed by atoms with Crippen LogP contribution in [0, 0.1) is 0 Å². The summed E-state index contributed by atoms with van der Waals surface area (Å²) in [4.78, 5) is 10.5. The molecule has 4 N–H and O–H groups in total. The van der Waals surface area contributed by atoms with Crippen molar-refractivity contribution in [1.29, 1.82) is 0 Å². The van der Waals surface area contributed by atoms with Gasteiger partial charge < -0.3 is 15.8 Å². The molecule has 0 heterocycles. The first-order valence-corrected chi connectivity index (χ1v) is 7.62. The Balaban J connectivity index is 2.29. The first-order chi connectivity index (χ1) is 10.3. The van der Waals surface area contributed by atoms with Gasteiger partial charge in [0, 0.05) is 18.3 Å². The Morgan fingerprint density at radius 2 is 1.82 bits per heavy atom. The van der Waals surface area contributed by atoms with Gasteiger partial charge in [0.05, 0.1) is 0 Å². The zero-order valence-corrected chi connectivity index (χ0v) is 12.4. The molecule has 0 saturated carbocycles. The normalized spacial score (nSPS) is 11.0. The summed E-state index contributed by atoms with van der Waals surface area (Å²) in [5.41, 5.74) is 6.27. The molecule has 116 valence electrons. The van der Waals surface area contributed by atoms with Crippen molar-refractivity contribution in [2.75, 3.05) is 11.1 Å². The SMILES string of the molecule is CC(=O)Nc1ccc(Oc2ccc(N)cc2S(=O)(=O)O)cc1. The summed E-state index contributed by atoms with van der Waals surface area (Å²) in [7, 11) is -4.46. The van der Waals surface area contributed by atoms with Gasteiger partial charge >= 0.3 is 0 Å². The second-order valence-electron chi connectivity index (χ2n) is 4.49. The molecule has 0 unspecified atom stereocenters. The van der Waals surface area contributed by atoms with Gasteiger partial charge in [0.15, 0.2) is 0 Å². The Bertz CT molecular complexity index is 800. The van der Waals surface area contributed by atoms with Crippen LogP contribution in [0.25, 0.3) is 0 Å². The van der Waals surface area contributed by atoms with Crippen LogP contribution < -0.4 is 15.8 Å². The third-order valence-electron chi connectivity index (χ3n) is 2.65. The van der Waals surface area contributed by atoms with Crippen molar-refractivity contribution in [2.24, 2.45) is 0 Å². The van der Waals surface area contributed by atoms with Crippen LogP contribution in [0.1, 0.15) is 6.92 Å². The zero-order chi connectivity index (χ0) is 16.3. The van der Waals surface area contributed by atoms with Gasteiger partial charge in [-0.1, -0.05) is 0 Å². The fourth-order valence-electron chi connectivity index (χ4n) is 1.75. The van der Waals surface area contributed by atoms with Gasteiger partial charge in [-0.3, -0.25) is 9.35 Å². The highest BCUT2D eigenvalue weighted by atomic mass is 32.2. The molecule has 0 aliphatic rings. The Morgan fingerprint density at radius 1 is 1.18 bits per heavy atom. The molecule has 2 aromatic carbocycles. The van der Waals surface area contributed by atoms with Crippen molar-refractivity contribution >= 4 is 27.4 Å². The number of rotatable bonds is 4. The number of carbonyl (C=O) groups excluding carboxylic acids is 1. The van der Waals surface area contributed by atoms with E-state index >= 15 is 0 Å². The van der Waals surface area contributed by atoms with E-state index in [4.69, 9.17) is 10.5 Å². The third-order valence-corrected chi connectivity index (χ3v) is 3.52. The second-order valence-corrected chi connectivity index (χ2v) is 5.88. The Morgan fingerprint density at radius 3 is 2.36 bits per heavy atom. The number of carbonyl (C=O) groups is 1. The molecule has 8 heteroatoms. The predicted molar refractivity (Wildman–Crippen MR) is 81.5 cm³/mol. The highest BCUT2D eigenvalue weighted by molar-refractivity contribution is 7.86. The summed E-state index contributed by atoms with van der Waals surface area (Å²) >= 11 is 0. The van der Waals surface area contributed by atoms with Crippen LogP contribution in [0.2, 0.25) is 0 Å². The molecule has 0 aromatic heterocycles. The molecule has 22 heavy (non-hydrogen) atoms. The molecule has 2 aromatic rings. The molecule has 0 aliphatic heterocycles. The first kappa shape index (κ1) is 15.8. The maximum absolute atomic E-state index is 11.3. The van der Waals surface area contributed by atoms with E-state index in [9.17, 15) is 17.8 Å². The molecule has 0 bridgehead atoms. The average molecular weight is 322 g/mol. The largest absolute Gasteiger partial charge is 0.456 e. The van der Waals surface area contributed by atoms with Gasteiger partial charge in [0.25, 0.3) is 10.1 Å². The number of hydrogen-bond donors (Lipinski definition) is 3. The minimum Gasteiger partial charge on any atom is -0.456 e. The highest BCUT2D eigenvalue weighted by Gasteiger charge is 2.17. The van der Waals surface area contributed by atoms with E-state index in [1.165, 1.54) is 19.1 Å². The van der Waals surface area contributed by atoms with Crippen molar-refractivity contribution in [2.45, 2.75) is 11.8 Å². The summed E-state index contributed by atoms with van der Waals surface area (Å²) in [5, 5.41) is 2.59. The molecule has 0 radical (unpaired) electrons. The van der Waals surface area contributed by atoms with Crippen LogP contribution in [0.3, 0.4) is 0 Å². The monoisotopic (exact) mass is 322 g/mol. The van der Waals surface area contributed by atoms with Gasteiger partial charge in [-0.2, -0.15) is 8.42 Å². The number of nitrogens with two attached hydrogens (primary N) is 1. The first-order valence-electron chi connectivity index (χ1n) is 6.18. The lowest BCUT2D eigenvalue weighted by Gasteiger charge is -2.10. The maximum atomic E-state index is 11.3. The summed E-state index contributed by atoms with van der Waals surface area (Å²) < 4.78 is 37.3. The van der Waals surface area contributed by atoms with Gasteiger partial charge in [-0.05, 0) is 42.5 Å². The Kier molecular flexibility index (Phi) is 4.34. The van der Waals surface area contributed by atoms with Crippen molar-refractivity contribution in [3.8, 4) is 11.5 Å². The number of nitrogen functional groups attached to an aromatic ring is 1. The van der Waals surface area contributed by atoms with Gasteiger partial charge in [-0.25, -0.2) is 0 Å². The number of hydrogen-bond acceptors (Lipinski definition) is 5. The van der Waals surface area contributed by atoms with Gasteiger partial charge in [-0.15, -0.1) is 0 Å². The van der Waals surface area contributed by atoms with E-state index in [-0.39, 0.29) is 17.3 Å². The summed E-state index contributed by atoms with van der Waals surface area (Å²) in [5.74, 6) is 0.0774. The molecular weight excluding hydrogens is 308 g/mol. The van der Waals surface area contributed by atoms with E-state index in [1.807, 2.05) is 0 Å². The lowest BCUT2D eigenvalue weighted by Crippen LogP contribution is -2.05. The number of nitrogens with one attached hydrogen (secondary N) is 1. The maximum Gasteiger partial charge on any atom is 0.298 e. The van der Waals surface area contributed by atoms with Gasteiger partial charge in [0.2, 0.25) is 5.91 Å². The zero-order valence-electron chi connectivity index (χ0n) is 11.6. The van der Waals surface area contributed by atoms with Crippen LogP contribution >= 0.6 is 0 Å². The Labute approximate surface area is 127 Å². The highest BCUT2D eigenvalue weighted by Crippen LogP contribution is 2.30. The number of ether oxygens (including phenoxy) is 1. The Hall–Kier alpha value is -2.58. The minimum atomic E-state index is -4.46. The number of benzene rings is 2. The smallest absolute Gasteiger partial charge is 0.298 e. The lowest BCUT2D eigenvalue weighted by atomic mass is 10.3. The van der Waals surface area contributed by atoms with E-state index in [0.29, 0.717) is 11.4 Å². The van der Waals surface area contributed by atoms with E-state index in [1.54, 1.807) is 24.3 Å². The quantitative estimate of drug-likeness (QED) is 0.587. The lowest BCUT2D eigenvalue weighted by molar-refractivity contribution is -0.114. The topological polar surface area (TPSA) is 119 Å². The fourth-order valence-corrected chi connectivity index (χ4v) is 2.40. The fraction of sp³-hybridized carbons (Fsp3) is 0.0714. The van der Waals surface area contributed by atoms with Crippen molar-refractivity contribution in [3.63, 3.8) is 0 Å². The van der Waals surface area contributed by atoms with Crippen LogP contribution in [0.5, 0.6) is 11.5 Å². The summed E-state index contributed by atoms with van der Waals surface area (Å²) in [6, 6.07) is 10.2. The molecule has 0 spiro atoms. The molecule has 0 fully saturated rings. The second kappa shape index (κ2) is 6.04. The van der Waals surface area contributed by atoms with Crippen LogP contribution in [0.4, 0.5) is 11.4 Å². The standard InChI is InChI=1S/C14H14N2O5S/c1-9(17)16-11-3-5-12(6-4-11)21-13-7-2-10(15)8-14(13)22(18,19)20/h2-8H,15H2,1H3,(H,16,17)(H,18,19,20). The molecule has 7 nitrogen and oxygen atoms in total. The molecule has 0 aliphatic carbocycles. The van der Waals surface area contributed by atoms with E-state index in [2.05, 4.69) is 5.32 Å². The molecule has 0 atom stereocenters. The van der Waals surface area contributed by atoms with E-state index in [0.717, 1.165) is 6.07 Å². The van der Waals surface area contributed by atoms with E-state index < -0.39 is 15.0 Å². The third kappa shape index (κ3) is 3.96. The number of amides is 1. The van der Waals surface area contributed by atoms with Gasteiger partial charge in [0.1, 0.15) is 16.4 Å². The molecular formula is C14H14N2O5S. The summed E-state index contributed by atoms with van der Waals surface area (Å²) in [6.45, 7) is 1.39. The van der Waals surface area contributed by atoms with Crippen molar-refractivity contribution in [1.82, 2.24) is 0 Å². The summed E-state index contributed by atoms with van der Waals surface area (Å²) in [6.07, 6.45) is 0. The minimum absolute atomic E-state index is 0.0519. The van der Waals surface area contributed by atoms with Crippen LogP contribution in [-0.2, 0) is 14.9 Å². The molecule has 1 amide bonds. The van der Waals surface area contributed by atoms with Crippen molar-refractivity contribution < 1.29 is 22.5 Å².